The van der Waals surface area contributed by atoms with Crippen molar-refractivity contribution < 1.29 is 0 Å². The van der Waals surface area contributed by atoms with Crippen molar-refractivity contribution in [2.24, 2.45) is 5.92 Å². The van der Waals surface area contributed by atoms with E-state index in [-0.39, 0.29) is 0 Å². The summed E-state index contributed by atoms with van der Waals surface area (Å²) < 4.78 is 0. The number of hydrogen-bond acceptors (Lipinski definition) is 2. The van der Waals surface area contributed by atoms with Crippen LogP contribution in [0.1, 0.15) is 43.7 Å². The van der Waals surface area contributed by atoms with Gasteiger partial charge in [0.05, 0.1) is 0 Å². The highest BCUT2D eigenvalue weighted by Gasteiger charge is 2.20. The number of nitrogens with zero attached hydrogens (tertiary/aromatic N) is 2. The number of piperidine rings is 1. The quantitative estimate of drug-likeness (QED) is 0.762. The first-order valence-electron chi connectivity index (χ1n) is 7.01. The largest absolute Gasteiger partial charge is 0.356 e. The van der Waals surface area contributed by atoms with Crippen LogP contribution in [0.25, 0.3) is 0 Å². The number of pyridine rings is 1. The minimum absolute atomic E-state index is 0.548. The summed E-state index contributed by atoms with van der Waals surface area (Å²) in [5.74, 6) is 2.62. The second-order valence-electron chi connectivity index (χ2n) is 5.34. The second-order valence-corrected chi connectivity index (χ2v) is 5.60. The topological polar surface area (TPSA) is 16.1 Å². The van der Waals surface area contributed by atoms with Crippen LogP contribution in [0.4, 0.5) is 5.82 Å². The Kier molecular flexibility index (Phi) is 4.87. The normalized spacial score (nSPS) is 17.2. The van der Waals surface area contributed by atoms with Crippen molar-refractivity contribution in [1.29, 1.82) is 0 Å². The van der Waals surface area contributed by atoms with E-state index in [0.717, 1.165) is 30.4 Å². The number of alkyl halides is 1. The van der Waals surface area contributed by atoms with Crippen LogP contribution in [-0.2, 0) is 5.88 Å². The van der Waals surface area contributed by atoms with Crippen LogP contribution in [0.2, 0.25) is 0 Å². The number of hydrogen-bond donors (Lipinski definition) is 0. The molecule has 0 amide bonds. The highest BCUT2D eigenvalue weighted by Crippen LogP contribution is 2.27. The Morgan fingerprint density at radius 1 is 1.39 bits per heavy atom. The lowest BCUT2D eigenvalue weighted by atomic mass is 9.92. The maximum Gasteiger partial charge on any atom is 0.131 e. The molecule has 0 spiro atoms. The molecule has 1 fully saturated rings. The maximum atomic E-state index is 5.84. The average Bonchev–Trinajstić information content (AvgIpc) is 2.40. The van der Waals surface area contributed by atoms with Crippen molar-refractivity contribution in [1.82, 2.24) is 4.98 Å². The number of aromatic nitrogens is 1. The molecule has 0 aromatic carbocycles. The molecule has 2 nitrogen and oxygen atoms in total. The maximum absolute atomic E-state index is 5.84. The summed E-state index contributed by atoms with van der Waals surface area (Å²) in [5, 5.41) is 0. The standard InChI is InChI=1S/C15H23ClN2/c1-3-4-13-5-7-18(8-6-13)15-12(2)9-14(10-16)11-17-15/h9,11,13H,3-8,10H2,1-2H3. The molecule has 0 atom stereocenters. The van der Waals surface area contributed by atoms with Gasteiger partial charge in [-0.15, -0.1) is 11.6 Å². The molecule has 1 aliphatic rings. The summed E-state index contributed by atoms with van der Waals surface area (Å²) >= 11 is 5.84. The van der Waals surface area contributed by atoms with Gasteiger partial charge in [-0.05, 0) is 42.9 Å². The molecule has 0 aliphatic carbocycles. The summed E-state index contributed by atoms with van der Waals surface area (Å²) in [5.41, 5.74) is 2.36. The molecule has 3 heteroatoms. The van der Waals surface area contributed by atoms with Gasteiger partial charge in [-0.3, -0.25) is 0 Å². The predicted molar refractivity (Wildman–Crippen MR) is 78.4 cm³/mol. The van der Waals surface area contributed by atoms with Crippen LogP contribution in [-0.4, -0.2) is 18.1 Å². The lowest BCUT2D eigenvalue weighted by molar-refractivity contribution is 0.377. The molecule has 1 aromatic heterocycles. The van der Waals surface area contributed by atoms with E-state index in [0.29, 0.717) is 5.88 Å². The fourth-order valence-corrected chi connectivity index (χ4v) is 3.02. The minimum atomic E-state index is 0.548. The molecule has 1 aliphatic heterocycles. The number of halogens is 1. The molecular weight excluding hydrogens is 244 g/mol. The molecule has 18 heavy (non-hydrogen) atoms. The Morgan fingerprint density at radius 3 is 2.67 bits per heavy atom. The first-order chi connectivity index (χ1) is 8.74. The van der Waals surface area contributed by atoms with Gasteiger partial charge in [0, 0.05) is 25.2 Å². The van der Waals surface area contributed by atoms with E-state index in [2.05, 4.69) is 29.8 Å². The third kappa shape index (κ3) is 3.17. The molecule has 0 unspecified atom stereocenters. The van der Waals surface area contributed by atoms with Crippen molar-refractivity contribution in [3.8, 4) is 0 Å². The molecule has 0 bridgehead atoms. The lowest BCUT2D eigenvalue weighted by Crippen LogP contribution is -2.34. The fourth-order valence-electron chi connectivity index (χ4n) is 2.87. The van der Waals surface area contributed by atoms with E-state index < -0.39 is 0 Å². The van der Waals surface area contributed by atoms with E-state index >= 15 is 0 Å². The third-order valence-corrected chi connectivity index (χ3v) is 4.18. The Bertz CT molecular complexity index is 384. The molecule has 1 aromatic rings. The van der Waals surface area contributed by atoms with Gasteiger partial charge in [-0.2, -0.15) is 0 Å². The fraction of sp³-hybridized carbons (Fsp3) is 0.667. The van der Waals surface area contributed by atoms with E-state index in [1.807, 2.05) is 6.20 Å². The van der Waals surface area contributed by atoms with Gasteiger partial charge in [0.1, 0.15) is 5.82 Å². The summed E-state index contributed by atoms with van der Waals surface area (Å²) in [7, 11) is 0. The van der Waals surface area contributed by atoms with E-state index in [9.17, 15) is 0 Å². The average molecular weight is 267 g/mol. The smallest absolute Gasteiger partial charge is 0.131 e. The van der Waals surface area contributed by atoms with Crippen molar-refractivity contribution in [3.05, 3.63) is 23.4 Å². The molecule has 0 N–H and O–H groups in total. The van der Waals surface area contributed by atoms with Crippen LogP contribution in [0.15, 0.2) is 12.3 Å². The highest BCUT2D eigenvalue weighted by molar-refractivity contribution is 6.17. The lowest BCUT2D eigenvalue weighted by Gasteiger charge is -2.33. The first kappa shape index (κ1) is 13.7. The first-order valence-corrected chi connectivity index (χ1v) is 7.54. The predicted octanol–water partition coefficient (Wildman–Crippen LogP) is 4.15. The van der Waals surface area contributed by atoms with Gasteiger partial charge in [0.2, 0.25) is 0 Å². The Labute approximate surface area is 115 Å². The van der Waals surface area contributed by atoms with Gasteiger partial charge in [-0.1, -0.05) is 19.8 Å². The zero-order valence-corrected chi connectivity index (χ0v) is 12.2. The Balaban J connectivity index is 2.01. The number of rotatable bonds is 4. The summed E-state index contributed by atoms with van der Waals surface area (Å²) in [6.45, 7) is 6.72. The van der Waals surface area contributed by atoms with Crippen LogP contribution in [0.5, 0.6) is 0 Å². The number of aryl methyl sites for hydroxylation is 1. The zero-order valence-electron chi connectivity index (χ0n) is 11.5. The Morgan fingerprint density at radius 2 is 2.11 bits per heavy atom. The minimum Gasteiger partial charge on any atom is -0.356 e. The van der Waals surface area contributed by atoms with E-state index in [1.165, 1.54) is 31.2 Å². The molecule has 0 saturated carbocycles. The van der Waals surface area contributed by atoms with Gasteiger partial charge in [-0.25, -0.2) is 4.98 Å². The molecule has 1 saturated heterocycles. The summed E-state index contributed by atoms with van der Waals surface area (Å²) in [6, 6.07) is 2.16. The monoisotopic (exact) mass is 266 g/mol. The van der Waals surface area contributed by atoms with Crippen LogP contribution in [0.3, 0.4) is 0 Å². The molecule has 100 valence electrons. The summed E-state index contributed by atoms with van der Waals surface area (Å²) in [6.07, 6.45) is 7.23. The van der Waals surface area contributed by atoms with E-state index in [1.54, 1.807) is 0 Å². The van der Waals surface area contributed by atoms with Crippen molar-refractivity contribution in [2.45, 2.75) is 45.4 Å². The van der Waals surface area contributed by atoms with Crippen LogP contribution >= 0.6 is 11.6 Å². The van der Waals surface area contributed by atoms with Crippen molar-refractivity contribution in [3.63, 3.8) is 0 Å². The molecule has 0 radical (unpaired) electrons. The van der Waals surface area contributed by atoms with E-state index in [4.69, 9.17) is 11.6 Å². The van der Waals surface area contributed by atoms with Gasteiger partial charge in [0.15, 0.2) is 0 Å². The highest BCUT2D eigenvalue weighted by atomic mass is 35.5. The van der Waals surface area contributed by atoms with Crippen LogP contribution < -0.4 is 4.90 Å². The SMILES string of the molecule is CCCC1CCN(c2ncc(CCl)cc2C)CC1. The molecular formula is C15H23ClN2. The summed E-state index contributed by atoms with van der Waals surface area (Å²) in [4.78, 5) is 7.02. The van der Waals surface area contributed by atoms with Crippen molar-refractivity contribution in [2.75, 3.05) is 18.0 Å². The van der Waals surface area contributed by atoms with Crippen molar-refractivity contribution >= 4 is 17.4 Å². The number of anilines is 1. The van der Waals surface area contributed by atoms with Gasteiger partial charge < -0.3 is 4.90 Å². The molecule has 2 rings (SSSR count). The van der Waals surface area contributed by atoms with Crippen LogP contribution in [0, 0.1) is 12.8 Å². The Hall–Kier alpha value is -0.760. The zero-order chi connectivity index (χ0) is 13.0. The van der Waals surface area contributed by atoms with Gasteiger partial charge in [0.25, 0.3) is 0 Å². The third-order valence-electron chi connectivity index (χ3n) is 3.87. The second kappa shape index (κ2) is 6.42. The van der Waals surface area contributed by atoms with Gasteiger partial charge >= 0.3 is 0 Å². The molecule has 2 heterocycles.